The quantitative estimate of drug-likeness (QED) is 0.648. The zero-order chi connectivity index (χ0) is 13.1. The first-order valence-corrected chi connectivity index (χ1v) is 5.50. The molecule has 1 aromatic rings. The monoisotopic (exact) mass is 250 g/mol. The number of benzene rings is 1. The van der Waals surface area contributed by atoms with Gasteiger partial charge in [-0.2, -0.15) is 0 Å². The van der Waals surface area contributed by atoms with Crippen LogP contribution in [0, 0.1) is 10.1 Å². The standard InChI is InChI=1S/C12H14N2O4/c1-17-11-5-8-3-4-13-10(7-14(15)16)9(8)6-12(11)18-2/h5-7,13H,3-4H2,1-2H3/b10-7-. The normalized spacial score (nSPS) is 15.8. The first-order chi connectivity index (χ1) is 8.65. The number of nitrogens with one attached hydrogen (secondary N) is 1. The summed E-state index contributed by atoms with van der Waals surface area (Å²) in [5, 5.41) is 13.6. The molecule has 0 saturated carbocycles. The van der Waals surface area contributed by atoms with Crippen LogP contribution in [-0.4, -0.2) is 25.7 Å². The first-order valence-electron chi connectivity index (χ1n) is 5.50. The molecule has 0 aliphatic carbocycles. The van der Waals surface area contributed by atoms with Gasteiger partial charge in [0.05, 0.1) is 19.1 Å². The number of nitrogens with zero attached hydrogens (tertiary/aromatic N) is 1. The third-order valence-corrected chi connectivity index (χ3v) is 2.84. The van der Waals surface area contributed by atoms with Crippen molar-refractivity contribution in [3.63, 3.8) is 0 Å². The maximum atomic E-state index is 10.6. The van der Waals surface area contributed by atoms with E-state index in [-0.39, 0.29) is 0 Å². The minimum Gasteiger partial charge on any atom is -0.493 e. The van der Waals surface area contributed by atoms with Crippen LogP contribution >= 0.6 is 0 Å². The summed E-state index contributed by atoms with van der Waals surface area (Å²) in [6.07, 6.45) is 1.77. The Hall–Kier alpha value is -2.24. The summed E-state index contributed by atoms with van der Waals surface area (Å²) in [6, 6.07) is 3.62. The summed E-state index contributed by atoms with van der Waals surface area (Å²) < 4.78 is 10.4. The third-order valence-electron chi connectivity index (χ3n) is 2.84. The highest BCUT2D eigenvalue weighted by Gasteiger charge is 2.19. The lowest BCUT2D eigenvalue weighted by molar-refractivity contribution is -0.401. The molecular weight excluding hydrogens is 236 g/mol. The zero-order valence-electron chi connectivity index (χ0n) is 10.2. The van der Waals surface area contributed by atoms with E-state index in [1.165, 1.54) is 7.11 Å². The molecule has 18 heavy (non-hydrogen) atoms. The van der Waals surface area contributed by atoms with Gasteiger partial charge in [-0.25, -0.2) is 0 Å². The molecule has 1 aliphatic heterocycles. The molecule has 1 N–H and O–H groups in total. The molecule has 0 spiro atoms. The van der Waals surface area contributed by atoms with Crippen LogP contribution in [0.3, 0.4) is 0 Å². The molecule has 0 atom stereocenters. The van der Waals surface area contributed by atoms with Gasteiger partial charge in [0.15, 0.2) is 11.5 Å². The fraction of sp³-hybridized carbons (Fsp3) is 0.333. The van der Waals surface area contributed by atoms with Crippen LogP contribution in [-0.2, 0) is 6.42 Å². The van der Waals surface area contributed by atoms with Crippen molar-refractivity contribution in [2.24, 2.45) is 0 Å². The molecule has 0 radical (unpaired) electrons. The Bertz CT molecular complexity index is 511. The second-order valence-electron chi connectivity index (χ2n) is 3.87. The van der Waals surface area contributed by atoms with E-state index < -0.39 is 4.92 Å². The number of rotatable bonds is 3. The second-order valence-corrected chi connectivity index (χ2v) is 3.87. The maximum absolute atomic E-state index is 10.6. The molecule has 6 nitrogen and oxygen atoms in total. The predicted octanol–water partition coefficient (Wildman–Crippen LogP) is 1.42. The van der Waals surface area contributed by atoms with Crippen LogP contribution in [0.2, 0.25) is 0 Å². The van der Waals surface area contributed by atoms with Gasteiger partial charge < -0.3 is 14.8 Å². The Morgan fingerprint density at radius 1 is 1.33 bits per heavy atom. The number of ether oxygens (including phenoxy) is 2. The van der Waals surface area contributed by atoms with Crippen LogP contribution in [0.4, 0.5) is 0 Å². The van der Waals surface area contributed by atoms with Gasteiger partial charge in [-0.15, -0.1) is 0 Å². The number of fused-ring (bicyclic) bond motifs is 1. The van der Waals surface area contributed by atoms with Gasteiger partial charge in [-0.1, -0.05) is 0 Å². The van der Waals surface area contributed by atoms with E-state index in [1.54, 1.807) is 13.2 Å². The van der Waals surface area contributed by atoms with Crippen molar-refractivity contribution in [2.45, 2.75) is 6.42 Å². The summed E-state index contributed by atoms with van der Waals surface area (Å²) in [5.41, 5.74) is 2.30. The van der Waals surface area contributed by atoms with Crippen molar-refractivity contribution in [1.82, 2.24) is 5.32 Å². The minimum atomic E-state index is -0.464. The van der Waals surface area contributed by atoms with E-state index in [2.05, 4.69) is 5.32 Å². The Kier molecular flexibility index (Phi) is 3.36. The molecule has 0 amide bonds. The summed E-state index contributed by atoms with van der Waals surface area (Å²) in [5.74, 6) is 1.20. The molecule has 1 heterocycles. The Labute approximate surface area is 104 Å². The molecular formula is C12H14N2O4. The molecule has 0 fully saturated rings. The highest BCUT2D eigenvalue weighted by molar-refractivity contribution is 5.70. The molecule has 96 valence electrons. The second kappa shape index (κ2) is 4.95. The largest absolute Gasteiger partial charge is 0.493 e. The van der Waals surface area contributed by atoms with Gasteiger partial charge >= 0.3 is 0 Å². The Balaban J connectivity index is 2.53. The Morgan fingerprint density at radius 2 is 2.00 bits per heavy atom. The lowest BCUT2D eigenvalue weighted by Gasteiger charge is -2.21. The van der Waals surface area contributed by atoms with Crippen molar-refractivity contribution in [3.05, 3.63) is 39.6 Å². The molecule has 0 aromatic heterocycles. The van der Waals surface area contributed by atoms with Gasteiger partial charge in [-0.05, 0) is 24.1 Å². The lowest BCUT2D eigenvalue weighted by atomic mass is 9.97. The van der Waals surface area contributed by atoms with Crippen LogP contribution in [0.1, 0.15) is 11.1 Å². The minimum absolute atomic E-state index is 0.464. The van der Waals surface area contributed by atoms with Gasteiger partial charge in [0.1, 0.15) is 5.70 Å². The number of nitro groups is 1. The summed E-state index contributed by atoms with van der Waals surface area (Å²) in [6.45, 7) is 0.669. The molecule has 0 bridgehead atoms. The Morgan fingerprint density at radius 3 is 2.61 bits per heavy atom. The van der Waals surface area contributed by atoms with Crippen molar-refractivity contribution < 1.29 is 14.4 Å². The van der Waals surface area contributed by atoms with Gasteiger partial charge in [0.2, 0.25) is 0 Å². The third kappa shape index (κ3) is 2.22. The molecule has 0 saturated heterocycles. The molecule has 1 aromatic carbocycles. The van der Waals surface area contributed by atoms with Gasteiger partial charge in [0.25, 0.3) is 6.20 Å². The zero-order valence-corrected chi connectivity index (χ0v) is 10.2. The lowest BCUT2D eigenvalue weighted by Crippen LogP contribution is -2.23. The van der Waals surface area contributed by atoms with Crippen LogP contribution in [0.5, 0.6) is 11.5 Å². The molecule has 0 unspecified atom stereocenters. The van der Waals surface area contributed by atoms with Crippen LogP contribution in [0.25, 0.3) is 5.70 Å². The van der Waals surface area contributed by atoms with E-state index in [1.807, 2.05) is 6.07 Å². The van der Waals surface area contributed by atoms with Gasteiger partial charge in [-0.3, -0.25) is 10.1 Å². The SMILES string of the molecule is COc1cc2c(cc1OC)/C(=C/[N+](=O)[O-])NCC2. The highest BCUT2D eigenvalue weighted by Crippen LogP contribution is 2.34. The maximum Gasteiger partial charge on any atom is 0.258 e. The van der Waals surface area contributed by atoms with E-state index >= 15 is 0 Å². The van der Waals surface area contributed by atoms with Crippen molar-refractivity contribution in [3.8, 4) is 11.5 Å². The number of methoxy groups -OCH3 is 2. The summed E-state index contributed by atoms with van der Waals surface area (Å²) in [7, 11) is 3.11. The molecule has 2 rings (SSSR count). The first kappa shape index (κ1) is 12.2. The fourth-order valence-corrected chi connectivity index (χ4v) is 2.03. The average molecular weight is 250 g/mol. The highest BCUT2D eigenvalue weighted by atomic mass is 16.6. The van der Waals surface area contributed by atoms with E-state index in [9.17, 15) is 10.1 Å². The summed E-state index contributed by atoms with van der Waals surface area (Å²) in [4.78, 5) is 10.1. The summed E-state index contributed by atoms with van der Waals surface area (Å²) >= 11 is 0. The molecule has 6 heteroatoms. The predicted molar refractivity (Wildman–Crippen MR) is 66.2 cm³/mol. The van der Waals surface area contributed by atoms with Gasteiger partial charge in [0, 0.05) is 12.1 Å². The van der Waals surface area contributed by atoms with E-state index in [0.717, 1.165) is 23.7 Å². The van der Waals surface area contributed by atoms with Crippen molar-refractivity contribution >= 4 is 5.70 Å². The fourth-order valence-electron chi connectivity index (χ4n) is 2.03. The average Bonchev–Trinajstić information content (AvgIpc) is 2.37. The van der Waals surface area contributed by atoms with Crippen LogP contribution < -0.4 is 14.8 Å². The molecule has 1 aliphatic rings. The topological polar surface area (TPSA) is 73.6 Å². The number of hydrogen-bond donors (Lipinski definition) is 1. The smallest absolute Gasteiger partial charge is 0.258 e. The number of hydrogen-bond acceptors (Lipinski definition) is 5. The van der Waals surface area contributed by atoms with Crippen molar-refractivity contribution in [2.75, 3.05) is 20.8 Å². The van der Waals surface area contributed by atoms with Crippen molar-refractivity contribution in [1.29, 1.82) is 0 Å². The van der Waals surface area contributed by atoms with Crippen LogP contribution in [0.15, 0.2) is 18.3 Å². The van der Waals surface area contributed by atoms with E-state index in [4.69, 9.17) is 9.47 Å². The van der Waals surface area contributed by atoms with E-state index in [0.29, 0.717) is 23.7 Å².